The summed E-state index contributed by atoms with van der Waals surface area (Å²) in [5.41, 5.74) is 1.29. The number of alkyl halides is 1. The van der Waals surface area contributed by atoms with Gasteiger partial charge in [-0.15, -0.1) is 0 Å². The van der Waals surface area contributed by atoms with E-state index >= 15 is 0 Å². The highest BCUT2D eigenvalue weighted by Gasteiger charge is 2.12. The summed E-state index contributed by atoms with van der Waals surface area (Å²) in [6.07, 6.45) is 7.94. The minimum atomic E-state index is 0.560. The first kappa shape index (κ1) is 15.0. The van der Waals surface area contributed by atoms with Gasteiger partial charge in [0, 0.05) is 10.4 Å². The third-order valence-corrected chi connectivity index (χ3v) is 4.31. The van der Waals surface area contributed by atoms with E-state index in [9.17, 15) is 0 Å². The zero-order valence-electron chi connectivity index (χ0n) is 10.6. The van der Waals surface area contributed by atoms with Crippen LogP contribution in [0.2, 0.25) is 5.02 Å². The van der Waals surface area contributed by atoms with Crippen molar-refractivity contribution in [2.75, 3.05) is 5.33 Å². The van der Waals surface area contributed by atoms with Gasteiger partial charge in [0.1, 0.15) is 0 Å². The standard InChI is InChI=1S/C15H22BrCl/c1-2-3-4-5-6-9-13(12-16)14-10-7-8-11-15(14)17/h7-8,10-11,13H,2-6,9,12H2,1H3. The van der Waals surface area contributed by atoms with Gasteiger partial charge in [-0.25, -0.2) is 0 Å². The van der Waals surface area contributed by atoms with Gasteiger partial charge >= 0.3 is 0 Å². The molecule has 0 saturated heterocycles. The van der Waals surface area contributed by atoms with Crippen LogP contribution in [0.3, 0.4) is 0 Å². The first-order valence-electron chi connectivity index (χ1n) is 6.60. The fourth-order valence-electron chi connectivity index (χ4n) is 2.12. The molecule has 0 aliphatic carbocycles. The molecule has 0 spiro atoms. The molecule has 0 radical (unpaired) electrons. The lowest BCUT2D eigenvalue weighted by Crippen LogP contribution is -2.01. The van der Waals surface area contributed by atoms with Gasteiger partial charge in [0.15, 0.2) is 0 Å². The third-order valence-electron chi connectivity index (χ3n) is 3.19. The second kappa shape index (κ2) is 8.99. The van der Waals surface area contributed by atoms with E-state index in [1.54, 1.807) is 0 Å². The fraction of sp³-hybridized carbons (Fsp3) is 0.600. The number of hydrogen-bond donors (Lipinski definition) is 0. The SMILES string of the molecule is CCCCCCCC(CBr)c1ccccc1Cl. The summed E-state index contributed by atoms with van der Waals surface area (Å²) in [5.74, 6) is 0.560. The van der Waals surface area contributed by atoms with Gasteiger partial charge in [-0.2, -0.15) is 0 Å². The maximum atomic E-state index is 6.24. The van der Waals surface area contributed by atoms with Crippen LogP contribution in [0, 0.1) is 0 Å². The second-order valence-corrected chi connectivity index (χ2v) is 5.63. The summed E-state index contributed by atoms with van der Waals surface area (Å²) in [6, 6.07) is 8.22. The summed E-state index contributed by atoms with van der Waals surface area (Å²) >= 11 is 9.85. The van der Waals surface area contributed by atoms with E-state index in [4.69, 9.17) is 11.6 Å². The average molecular weight is 318 g/mol. The molecular formula is C15H22BrCl. The molecular weight excluding hydrogens is 296 g/mol. The summed E-state index contributed by atoms with van der Waals surface area (Å²) in [4.78, 5) is 0. The number of rotatable bonds is 8. The van der Waals surface area contributed by atoms with Crippen LogP contribution in [-0.4, -0.2) is 5.33 Å². The van der Waals surface area contributed by atoms with Crippen molar-refractivity contribution in [2.24, 2.45) is 0 Å². The smallest absolute Gasteiger partial charge is 0.0441 e. The zero-order chi connectivity index (χ0) is 12.5. The van der Waals surface area contributed by atoms with E-state index in [1.807, 2.05) is 12.1 Å². The predicted octanol–water partition coefficient (Wildman–Crippen LogP) is 6.18. The molecule has 0 aliphatic rings. The lowest BCUT2D eigenvalue weighted by atomic mass is 9.94. The first-order valence-corrected chi connectivity index (χ1v) is 8.10. The maximum absolute atomic E-state index is 6.24. The third kappa shape index (κ3) is 5.44. The topological polar surface area (TPSA) is 0 Å². The Morgan fingerprint density at radius 1 is 1.12 bits per heavy atom. The van der Waals surface area contributed by atoms with Crippen molar-refractivity contribution in [1.29, 1.82) is 0 Å². The highest BCUT2D eigenvalue weighted by atomic mass is 79.9. The predicted molar refractivity (Wildman–Crippen MR) is 81.4 cm³/mol. The summed E-state index contributed by atoms with van der Waals surface area (Å²) in [7, 11) is 0. The fourth-order valence-corrected chi connectivity index (χ4v) is 3.08. The summed E-state index contributed by atoms with van der Waals surface area (Å²) in [6.45, 7) is 2.25. The molecule has 96 valence electrons. The van der Waals surface area contributed by atoms with E-state index in [1.165, 1.54) is 44.1 Å². The van der Waals surface area contributed by atoms with Crippen molar-refractivity contribution < 1.29 is 0 Å². The first-order chi connectivity index (χ1) is 8.29. The minimum absolute atomic E-state index is 0.560. The summed E-state index contributed by atoms with van der Waals surface area (Å²) < 4.78 is 0. The molecule has 1 rings (SSSR count). The molecule has 1 aromatic carbocycles. The molecule has 0 bridgehead atoms. The Hall–Kier alpha value is -0.0100. The molecule has 0 aromatic heterocycles. The van der Waals surface area contributed by atoms with Gasteiger partial charge in [-0.3, -0.25) is 0 Å². The maximum Gasteiger partial charge on any atom is 0.0441 e. The lowest BCUT2D eigenvalue weighted by molar-refractivity contribution is 0.571. The number of hydrogen-bond acceptors (Lipinski definition) is 0. The second-order valence-electron chi connectivity index (χ2n) is 4.58. The molecule has 1 atom stereocenters. The Bertz CT molecular complexity index is 312. The van der Waals surface area contributed by atoms with Gasteiger partial charge in [0.05, 0.1) is 0 Å². The molecule has 1 unspecified atom stereocenters. The van der Waals surface area contributed by atoms with Gasteiger partial charge in [0.25, 0.3) is 0 Å². The van der Waals surface area contributed by atoms with Crippen molar-refractivity contribution in [3.05, 3.63) is 34.9 Å². The summed E-state index contributed by atoms with van der Waals surface area (Å²) in [5, 5.41) is 1.91. The monoisotopic (exact) mass is 316 g/mol. The van der Waals surface area contributed by atoms with Crippen molar-refractivity contribution in [3.63, 3.8) is 0 Å². The molecule has 1 aromatic rings. The Morgan fingerprint density at radius 2 is 1.82 bits per heavy atom. The van der Waals surface area contributed by atoms with Gasteiger partial charge in [0.2, 0.25) is 0 Å². The van der Waals surface area contributed by atoms with Crippen molar-refractivity contribution in [2.45, 2.75) is 51.4 Å². The Labute approximate surface area is 119 Å². The highest BCUT2D eigenvalue weighted by molar-refractivity contribution is 9.09. The largest absolute Gasteiger partial charge is 0.0921 e. The van der Waals surface area contributed by atoms with E-state index < -0.39 is 0 Å². The van der Waals surface area contributed by atoms with E-state index in [-0.39, 0.29) is 0 Å². The van der Waals surface area contributed by atoms with Crippen LogP contribution in [0.15, 0.2) is 24.3 Å². The van der Waals surface area contributed by atoms with E-state index in [2.05, 4.69) is 35.0 Å². The molecule has 2 heteroatoms. The molecule has 0 N–H and O–H groups in total. The number of benzene rings is 1. The van der Waals surface area contributed by atoms with Crippen molar-refractivity contribution in [1.82, 2.24) is 0 Å². The molecule has 0 fully saturated rings. The minimum Gasteiger partial charge on any atom is -0.0921 e. The van der Waals surface area contributed by atoms with Crippen LogP contribution >= 0.6 is 27.5 Å². The van der Waals surface area contributed by atoms with Crippen LogP contribution < -0.4 is 0 Å². The van der Waals surface area contributed by atoms with Crippen molar-refractivity contribution >= 4 is 27.5 Å². The molecule has 0 aliphatic heterocycles. The van der Waals surface area contributed by atoms with Gasteiger partial charge in [-0.1, -0.05) is 84.8 Å². The Kier molecular flexibility index (Phi) is 7.96. The van der Waals surface area contributed by atoms with Crippen LogP contribution in [-0.2, 0) is 0 Å². The molecule has 17 heavy (non-hydrogen) atoms. The quantitative estimate of drug-likeness (QED) is 0.397. The molecule has 0 nitrogen and oxygen atoms in total. The van der Waals surface area contributed by atoms with E-state index in [0.717, 1.165) is 10.4 Å². The highest BCUT2D eigenvalue weighted by Crippen LogP contribution is 2.30. The molecule has 0 saturated carbocycles. The molecule has 0 amide bonds. The number of halogens is 2. The van der Waals surface area contributed by atoms with Crippen molar-refractivity contribution in [3.8, 4) is 0 Å². The lowest BCUT2D eigenvalue weighted by Gasteiger charge is -2.15. The van der Waals surface area contributed by atoms with Crippen LogP contribution in [0.5, 0.6) is 0 Å². The van der Waals surface area contributed by atoms with Gasteiger partial charge in [-0.05, 0) is 24.0 Å². The van der Waals surface area contributed by atoms with Crippen LogP contribution in [0.25, 0.3) is 0 Å². The Balaban J connectivity index is 2.41. The molecule has 0 heterocycles. The van der Waals surface area contributed by atoms with E-state index in [0.29, 0.717) is 5.92 Å². The number of unbranched alkanes of at least 4 members (excludes halogenated alkanes) is 4. The van der Waals surface area contributed by atoms with Crippen LogP contribution in [0.4, 0.5) is 0 Å². The van der Waals surface area contributed by atoms with Crippen LogP contribution in [0.1, 0.15) is 56.9 Å². The zero-order valence-corrected chi connectivity index (χ0v) is 12.9. The Morgan fingerprint density at radius 3 is 2.47 bits per heavy atom. The normalized spacial score (nSPS) is 12.6. The average Bonchev–Trinajstić information content (AvgIpc) is 2.35. The van der Waals surface area contributed by atoms with Gasteiger partial charge < -0.3 is 0 Å².